The Bertz CT molecular complexity index is 380. The fraction of sp³-hybridized carbons (Fsp3) is 0.625. The summed E-state index contributed by atoms with van der Waals surface area (Å²) in [5.74, 6) is -6.07. The van der Waals surface area contributed by atoms with Crippen molar-refractivity contribution in [3.63, 3.8) is 0 Å². The largest absolute Gasteiger partial charge is 0.490 e. The fourth-order valence-corrected chi connectivity index (χ4v) is 0.604. The van der Waals surface area contributed by atoms with Crippen molar-refractivity contribution >= 4 is 17.7 Å². The van der Waals surface area contributed by atoms with Crippen LogP contribution in [-0.2, 0) is 14.4 Å². The molecular weight excluding hydrogens is 318 g/mol. The number of ketones is 1. The molecule has 7 nitrogen and oxygen atoms in total. The number of carbonyl (C=O) groups is 3. The van der Waals surface area contributed by atoms with Crippen molar-refractivity contribution in [1.29, 1.82) is 0 Å². The summed E-state index contributed by atoms with van der Waals surface area (Å²) in [7, 11) is 0. The summed E-state index contributed by atoms with van der Waals surface area (Å²) in [6.45, 7) is -0.293. The summed E-state index contributed by atoms with van der Waals surface area (Å²) in [6.07, 6.45) is -12.4. The Hall–Kier alpha value is -1.89. The Balaban J connectivity index is 0. The highest BCUT2D eigenvalue weighted by Crippen LogP contribution is 2.16. The number of Topliss-reactive ketones (excluding diaryl/α,β-unsaturated/α-hetero) is 1. The molecule has 0 amide bonds. The zero-order valence-corrected chi connectivity index (χ0v) is 9.96. The molecule has 0 rings (SSSR count). The first kappa shape index (κ1) is 21.4. The van der Waals surface area contributed by atoms with Gasteiger partial charge in [0.05, 0.1) is 6.42 Å². The Labute approximate surface area is 112 Å². The van der Waals surface area contributed by atoms with Crippen molar-refractivity contribution in [1.82, 2.24) is 5.32 Å². The zero-order valence-electron chi connectivity index (χ0n) is 9.96. The molecule has 0 spiro atoms. The van der Waals surface area contributed by atoms with Crippen LogP contribution >= 0.6 is 0 Å². The highest BCUT2D eigenvalue weighted by molar-refractivity contribution is 5.88. The standard InChI is InChI=1S/C6H9F3N2O3.C2HF3O2/c7-6(8,9)4(14)5(10)11-2-1-3(12)13;3-2(4,5)1(6)7/h5,11H,1-2,10H2,(H,12,13);(H,6,7)/t5-;/m0./s1. The van der Waals surface area contributed by atoms with Gasteiger partial charge in [0.25, 0.3) is 5.78 Å². The molecule has 0 aromatic rings. The molecule has 0 aromatic carbocycles. The van der Waals surface area contributed by atoms with Gasteiger partial charge in [-0.15, -0.1) is 0 Å². The third-order valence-corrected chi connectivity index (χ3v) is 1.51. The summed E-state index contributed by atoms with van der Waals surface area (Å²) in [6, 6.07) is 0. The van der Waals surface area contributed by atoms with Gasteiger partial charge in [-0.3, -0.25) is 14.9 Å². The summed E-state index contributed by atoms with van der Waals surface area (Å²) in [5.41, 5.74) is 4.82. The van der Waals surface area contributed by atoms with Crippen molar-refractivity contribution in [3.8, 4) is 0 Å². The molecule has 124 valence electrons. The zero-order chi connectivity index (χ0) is 17.4. The second-order valence-electron chi connectivity index (χ2n) is 3.24. The van der Waals surface area contributed by atoms with Crippen LogP contribution in [0.15, 0.2) is 0 Å². The molecule has 0 aliphatic heterocycles. The van der Waals surface area contributed by atoms with Gasteiger partial charge in [0.1, 0.15) is 6.17 Å². The highest BCUT2D eigenvalue weighted by Gasteiger charge is 2.41. The van der Waals surface area contributed by atoms with Gasteiger partial charge in [0.15, 0.2) is 0 Å². The van der Waals surface area contributed by atoms with Gasteiger partial charge in [-0.2, -0.15) is 26.3 Å². The van der Waals surface area contributed by atoms with E-state index < -0.39 is 42.7 Å². The lowest BCUT2D eigenvalue weighted by molar-refractivity contribution is -0.192. The molecule has 0 unspecified atom stereocenters. The monoisotopic (exact) mass is 328 g/mol. The number of alkyl halides is 6. The van der Waals surface area contributed by atoms with E-state index in [-0.39, 0.29) is 6.54 Å². The van der Waals surface area contributed by atoms with E-state index in [1.54, 1.807) is 0 Å². The maximum Gasteiger partial charge on any atom is 0.490 e. The number of rotatable bonds is 5. The Morgan fingerprint density at radius 2 is 1.38 bits per heavy atom. The molecule has 0 saturated heterocycles. The van der Waals surface area contributed by atoms with Crippen LogP contribution in [-0.4, -0.2) is 53.0 Å². The number of aliphatic carboxylic acids is 2. The van der Waals surface area contributed by atoms with E-state index in [4.69, 9.17) is 20.7 Å². The molecule has 0 saturated carbocycles. The number of carboxylic acid groups (broad SMARTS) is 2. The summed E-state index contributed by atoms with van der Waals surface area (Å²) in [4.78, 5) is 29.2. The van der Waals surface area contributed by atoms with E-state index in [0.717, 1.165) is 0 Å². The van der Waals surface area contributed by atoms with Crippen molar-refractivity contribution in [2.45, 2.75) is 24.9 Å². The number of nitrogens with one attached hydrogen (secondary N) is 1. The number of hydrogen-bond donors (Lipinski definition) is 4. The molecule has 0 aromatic heterocycles. The molecule has 0 heterocycles. The molecular formula is C8H10F6N2O5. The number of nitrogens with two attached hydrogens (primary N) is 1. The molecule has 0 radical (unpaired) electrons. The SMILES string of the molecule is N[C@@H](NCCC(=O)O)C(=O)C(F)(F)F.O=C(O)C(F)(F)F. The van der Waals surface area contributed by atoms with Gasteiger partial charge in [-0.1, -0.05) is 0 Å². The van der Waals surface area contributed by atoms with E-state index in [1.807, 2.05) is 5.32 Å². The normalized spacial score (nSPS) is 12.9. The lowest BCUT2D eigenvalue weighted by Gasteiger charge is -2.13. The van der Waals surface area contributed by atoms with Crippen molar-refractivity contribution in [2.24, 2.45) is 5.73 Å². The number of carboxylic acids is 2. The van der Waals surface area contributed by atoms with E-state index in [9.17, 15) is 35.9 Å². The van der Waals surface area contributed by atoms with Gasteiger partial charge < -0.3 is 15.9 Å². The second kappa shape index (κ2) is 8.41. The van der Waals surface area contributed by atoms with Crippen LogP contribution in [0.5, 0.6) is 0 Å². The maximum atomic E-state index is 11.7. The summed E-state index contributed by atoms with van der Waals surface area (Å²) >= 11 is 0. The molecule has 13 heteroatoms. The van der Waals surface area contributed by atoms with Gasteiger partial charge in [-0.25, -0.2) is 4.79 Å². The molecule has 1 atom stereocenters. The molecule has 0 aliphatic carbocycles. The van der Waals surface area contributed by atoms with Crippen LogP contribution < -0.4 is 11.1 Å². The van der Waals surface area contributed by atoms with Crippen LogP contribution in [0, 0.1) is 0 Å². The first-order valence-corrected chi connectivity index (χ1v) is 4.81. The molecule has 5 N–H and O–H groups in total. The van der Waals surface area contributed by atoms with Crippen molar-refractivity contribution in [3.05, 3.63) is 0 Å². The van der Waals surface area contributed by atoms with E-state index in [0.29, 0.717) is 0 Å². The van der Waals surface area contributed by atoms with Crippen molar-refractivity contribution < 1.29 is 50.9 Å². The lowest BCUT2D eigenvalue weighted by atomic mass is 10.3. The third-order valence-electron chi connectivity index (χ3n) is 1.51. The molecule has 21 heavy (non-hydrogen) atoms. The van der Waals surface area contributed by atoms with E-state index in [2.05, 4.69) is 0 Å². The maximum absolute atomic E-state index is 11.7. The van der Waals surface area contributed by atoms with Crippen LogP contribution in [0.1, 0.15) is 6.42 Å². The molecule has 0 aliphatic rings. The average Bonchev–Trinajstić information content (AvgIpc) is 2.25. The third kappa shape index (κ3) is 11.6. The quantitative estimate of drug-likeness (QED) is 0.416. The summed E-state index contributed by atoms with van der Waals surface area (Å²) < 4.78 is 66.8. The lowest BCUT2D eigenvalue weighted by Crippen LogP contribution is -2.50. The fourth-order valence-electron chi connectivity index (χ4n) is 0.604. The second-order valence-corrected chi connectivity index (χ2v) is 3.24. The first-order chi connectivity index (χ1) is 9.19. The minimum absolute atomic E-state index is 0.293. The van der Waals surface area contributed by atoms with Gasteiger partial charge in [-0.05, 0) is 0 Å². The highest BCUT2D eigenvalue weighted by atomic mass is 19.4. The predicted molar refractivity (Wildman–Crippen MR) is 53.0 cm³/mol. The number of halogens is 6. The Kier molecular flexibility index (Phi) is 8.57. The van der Waals surface area contributed by atoms with Gasteiger partial charge in [0.2, 0.25) is 0 Å². The smallest absolute Gasteiger partial charge is 0.481 e. The van der Waals surface area contributed by atoms with Crippen LogP contribution in [0.4, 0.5) is 26.3 Å². The summed E-state index contributed by atoms with van der Waals surface area (Å²) in [5, 5.41) is 17.2. The average molecular weight is 328 g/mol. The Morgan fingerprint density at radius 3 is 1.62 bits per heavy atom. The van der Waals surface area contributed by atoms with E-state index >= 15 is 0 Å². The van der Waals surface area contributed by atoms with Crippen LogP contribution in [0.2, 0.25) is 0 Å². The topological polar surface area (TPSA) is 130 Å². The van der Waals surface area contributed by atoms with Gasteiger partial charge >= 0.3 is 24.3 Å². The predicted octanol–water partition coefficient (Wildman–Crippen LogP) is 0.100. The van der Waals surface area contributed by atoms with E-state index in [1.165, 1.54) is 0 Å². The van der Waals surface area contributed by atoms with Gasteiger partial charge in [0, 0.05) is 6.54 Å². The minimum atomic E-state index is -5.08. The minimum Gasteiger partial charge on any atom is -0.481 e. The first-order valence-electron chi connectivity index (χ1n) is 4.81. The Morgan fingerprint density at radius 1 is 1.00 bits per heavy atom. The van der Waals surface area contributed by atoms with Crippen LogP contribution in [0.3, 0.4) is 0 Å². The molecule has 0 bridgehead atoms. The number of carbonyl (C=O) groups excluding carboxylic acids is 1. The van der Waals surface area contributed by atoms with Crippen LogP contribution in [0.25, 0.3) is 0 Å². The van der Waals surface area contributed by atoms with Crippen molar-refractivity contribution in [2.75, 3.05) is 6.54 Å². The molecule has 0 fully saturated rings. The number of hydrogen-bond acceptors (Lipinski definition) is 5.